The van der Waals surface area contributed by atoms with E-state index in [9.17, 15) is 13.2 Å². The van der Waals surface area contributed by atoms with E-state index in [1.807, 2.05) is 23.6 Å². The van der Waals surface area contributed by atoms with Gasteiger partial charge in [-0.05, 0) is 65.7 Å². The Bertz CT molecular complexity index is 1170. The molecule has 150 valence electrons. The van der Waals surface area contributed by atoms with Gasteiger partial charge in [-0.1, -0.05) is 29.8 Å². The third kappa shape index (κ3) is 4.17. The molecule has 2 aromatic carbocycles. The molecule has 1 N–H and O–H groups in total. The van der Waals surface area contributed by atoms with Gasteiger partial charge in [0.1, 0.15) is 0 Å². The predicted molar refractivity (Wildman–Crippen MR) is 116 cm³/mol. The molecule has 0 spiro atoms. The zero-order chi connectivity index (χ0) is 20.6. The second-order valence-corrected chi connectivity index (χ2v) is 9.99. The van der Waals surface area contributed by atoms with E-state index in [1.54, 1.807) is 36.1 Å². The van der Waals surface area contributed by atoms with Crippen LogP contribution in [0.1, 0.15) is 26.4 Å². The van der Waals surface area contributed by atoms with Crippen molar-refractivity contribution >= 4 is 44.6 Å². The number of halogens is 1. The standard InChI is InChI=1S/C21H19ClN2O3S2/c1-14-4-6-17(22)12-20(14)29(26,27)23-18-7-5-15-8-9-24(13-16(15)11-18)21(25)19-3-2-10-28-19/h2-7,10-12,23H,8-9,13H2,1H3. The summed E-state index contributed by atoms with van der Waals surface area (Å²) in [6, 6.07) is 13.9. The highest BCUT2D eigenvalue weighted by Gasteiger charge is 2.24. The fourth-order valence-corrected chi connectivity index (χ4v) is 5.67. The van der Waals surface area contributed by atoms with Gasteiger partial charge in [0, 0.05) is 23.8 Å². The topological polar surface area (TPSA) is 66.5 Å². The fraction of sp³-hybridized carbons (Fsp3) is 0.190. The minimum absolute atomic E-state index is 0.00573. The van der Waals surface area contributed by atoms with E-state index in [0.717, 1.165) is 17.5 Å². The summed E-state index contributed by atoms with van der Waals surface area (Å²) in [6.07, 6.45) is 0.743. The van der Waals surface area contributed by atoms with E-state index < -0.39 is 10.0 Å². The van der Waals surface area contributed by atoms with Crippen LogP contribution in [0.2, 0.25) is 5.02 Å². The summed E-state index contributed by atoms with van der Waals surface area (Å²) in [5.41, 5.74) is 3.16. The number of carbonyl (C=O) groups is 1. The first kappa shape index (κ1) is 19.9. The maximum Gasteiger partial charge on any atom is 0.264 e. The first-order valence-corrected chi connectivity index (χ1v) is 11.8. The lowest BCUT2D eigenvalue weighted by atomic mass is 9.99. The van der Waals surface area contributed by atoms with Gasteiger partial charge in [-0.25, -0.2) is 8.42 Å². The molecule has 8 heteroatoms. The second kappa shape index (κ2) is 7.82. The fourth-order valence-electron chi connectivity index (χ4n) is 3.42. The van der Waals surface area contributed by atoms with Gasteiger partial charge < -0.3 is 4.90 Å². The van der Waals surface area contributed by atoms with Crippen molar-refractivity contribution in [3.05, 3.63) is 80.5 Å². The van der Waals surface area contributed by atoms with Crippen molar-refractivity contribution in [2.45, 2.75) is 24.8 Å². The van der Waals surface area contributed by atoms with Crippen molar-refractivity contribution in [2.24, 2.45) is 0 Å². The van der Waals surface area contributed by atoms with Gasteiger partial charge in [-0.3, -0.25) is 9.52 Å². The summed E-state index contributed by atoms with van der Waals surface area (Å²) >= 11 is 7.40. The lowest BCUT2D eigenvalue weighted by Crippen LogP contribution is -2.35. The van der Waals surface area contributed by atoms with Crippen LogP contribution in [-0.4, -0.2) is 25.8 Å². The smallest absolute Gasteiger partial charge is 0.264 e. The SMILES string of the molecule is Cc1ccc(Cl)cc1S(=O)(=O)Nc1ccc2c(c1)CN(C(=O)c1cccs1)CC2. The van der Waals surface area contributed by atoms with Gasteiger partial charge >= 0.3 is 0 Å². The van der Waals surface area contributed by atoms with Crippen molar-refractivity contribution in [3.8, 4) is 0 Å². The molecule has 0 saturated carbocycles. The number of benzene rings is 2. The van der Waals surface area contributed by atoms with E-state index in [-0.39, 0.29) is 10.8 Å². The zero-order valence-electron chi connectivity index (χ0n) is 15.7. The molecular weight excluding hydrogens is 428 g/mol. The Morgan fingerprint density at radius 2 is 1.97 bits per heavy atom. The molecule has 2 heterocycles. The van der Waals surface area contributed by atoms with Crippen LogP contribution in [0.5, 0.6) is 0 Å². The minimum Gasteiger partial charge on any atom is -0.333 e. The van der Waals surface area contributed by atoms with E-state index in [2.05, 4.69) is 4.72 Å². The lowest BCUT2D eigenvalue weighted by molar-refractivity contribution is 0.0739. The molecule has 1 aliphatic rings. The molecule has 0 unspecified atom stereocenters. The number of rotatable bonds is 4. The molecule has 4 rings (SSSR count). The van der Waals surface area contributed by atoms with E-state index in [4.69, 9.17) is 11.6 Å². The number of fused-ring (bicyclic) bond motifs is 1. The predicted octanol–water partition coefficient (Wildman–Crippen LogP) is 4.71. The number of nitrogens with one attached hydrogen (secondary N) is 1. The van der Waals surface area contributed by atoms with E-state index in [0.29, 0.717) is 34.2 Å². The Balaban J connectivity index is 1.58. The van der Waals surface area contributed by atoms with Crippen molar-refractivity contribution in [3.63, 3.8) is 0 Å². The largest absolute Gasteiger partial charge is 0.333 e. The molecule has 3 aromatic rings. The Morgan fingerprint density at radius 3 is 2.72 bits per heavy atom. The maximum absolute atomic E-state index is 12.8. The van der Waals surface area contributed by atoms with Crippen LogP contribution in [-0.2, 0) is 23.0 Å². The summed E-state index contributed by atoms with van der Waals surface area (Å²) in [7, 11) is -3.77. The Labute approximate surface area is 179 Å². The Kier molecular flexibility index (Phi) is 5.38. The van der Waals surface area contributed by atoms with Crippen LogP contribution >= 0.6 is 22.9 Å². The molecule has 0 aliphatic carbocycles. The molecule has 5 nitrogen and oxygen atoms in total. The van der Waals surface area contributed by atoms with Gasteiger partial charge in [0.15, 0.2) is 0 Å². The zero-order valence-corrected chi connectivity index (χ0v) is 18.1. The molecule has 0 saturated heterocycles. The number of anilines is 1. The molecule has 1 aromatic heterocycles. The summed E-state index contributed by atoms with van der Waals surface area (Å²) in [5.74, 6) is 0.00573. The highest BCUT2D eigenvalue weighted by atomic mass is 35.5. The highest BCUT2D eigenvalue weighted by molar-refractivity contribution is 7.92. The molecule has 1 aliphatic heterocycles. The average molecular weight is 447 g/mol. The number of hydrogen-bond donors (Lipinski definition) is 1. The first-order valence-electron chi connectivity index (χ1n) is 9.07. The van der Waals surface area contributed by atoms with E-state index in [1.165, 1.54) is 17.4 Å². The molecule has 1 amide bonds. The molecule has 29 heavy (non-hydrogen) atoms. The van der Waals surface area contributed by atoms with Crippen LogP contribution < -0.4 is 4.72 Å². The normalized spacial score (nSPS) is 13.8. The quantitative estimate of drug-likeness (QED) is 0.631. The van der Waals surface area contributed by atoms with Crippen LogP contribution in [0.15, 0.2) is 58.8 Å². The number of amides is 1. The third-order valence-corrected chi connectivity index (χ3v) is 7.55. The van der Waals surface area contributed by atoms with Gasteiger partial charge in [-0.15, -0.1) is 11.3 Å². The van der Waals surface area contributed by atoms with Crippen LogP contribution in [0, 0.1) is 6.92 Å². The van der Waals surface area contributed by atoms with Crippen LogP contribution in [0.25, 0.3) is 0 Å². The van der Waals surface area contributed by atoms with Gasteiger partial charge in [0.25, 0.3) is 15.9 Å². The number of thiophene rings is 1. The molecule has 0 radical (unpaired) electrons. The molecule has 0 atom stereocenters. The molecule has 0 fully saturated rings. The number of hydrogen-bond acceptors (Lipinski definition) is 4. The lowest BCUT2D eigenvalue weighted by Gasteiger charge is -2.29. The number of sulfonamides is 1. The summed E-state index contributed by atoms with van der Waals surface area (Å²) in [4.78, 5) is 15.3. The van der Waals surface area contributed by atoms with Crippen molar-refractivity contribution in [1.82, 2.24) is 4.90 Å². The van der Waals surface area contributed by atoms with Gasteiger partial charge in [-0.2, -0.15) is 0 Å². The van der Waals surface area contributed by atoms with Gasteiger partial charge in [0.2, 0.25) is 0 Å². The second-order valence-electron chi connectivity index (χ2n) is 6.95. The highest BCUT2D eigenvalue weighted by Crippen LogP contribution is 2.27. The molecule has 0 bridgehead atoms. The summed E-state index contributed by atoms with van der Waals surface area (Å²) < 4.78 is 28.3. The number of aryl methyl sites for hydroxylation is 1. The number of carbonyl (C=O) groups excluding carboxylic acids is 1. The minimum atomic E-state index is -3.77. The average Bonchev–Trinajstić information content (AvgIpc) is 3.23. The maximum atomic E-state index is 12.8. The van der Waals surface area contributed by atoms with Crippen LogP contribution in [0.4, 0.5) is 5.69 Å². The first-order chi connectivity index (χ1) is 13.8. The Hall–Kier alpha value is -2.35. The number of nitrogens with zero attached hydrogens (tertiary/aromatic N) is 1. The van der Waals surface area contributed by atoms with Crippen molar-refractivity contribution in [2.75, 3.05) is 11.3 Å². The van der Waals surface area contributed by atoms with Crippen molar-refractivity contribution < 1.29 is 13.2 Å². The molecular formula is C21H19ClN2O3S2. The van der Waals surface area contributed by atoms with Crippen molar-refractivity contribution in [1.29, 1.82) is 0 Å². The van der Waals surface area contributed by atoms with E-state index >= 15 is 0 Å². The van der Waals surface area contributed by atoms with Crippen LogP contribution in [0.3, 0.4) is 0 Å². The van der Waals surface area contributed by atoms with Gasteiger partial charge in [0.05, 0.1) is 9.77 Å². The Morgan fingerprint density at radius 1 is 1.14 bits per heavy atom. The third-order valence-electron chi connectivity index (χ3n) is 4.93. The monoisotopic (exact) mass is 446 g/mol. The summed E-state index contributed by atoms with van der Waals surface area (Å²) in [6.45, 7) is 2.83. The summed E-state index contributed by atoms with van der Waals surface area (Å²) in [5, 5.41) is 2.25.